The van der Waals surface area contributed by atoms with Crippen molar-refractivity contribution in [1.82, 2.24) is 10.2 Å². The molecule has 1 unspecified atom stereocenters. The number of amides is 1. The summed E-state index contributed by atoms with van der Waals surface area (Å²) in [5, 5.41) is 5.42. The second-order valence-electron chi connectivity index (χ2n) is 5.11. The van der Waals surface area contributed by atoms with Crippen molar-refractivity contribution >= 4 is 45.6 Å². The Bertz CT molecular complexity index is 432. The summed E-state index contributed by atoms with van der Waals surface area (Å²) in [6.07, 6.45) is 3.24. The molecule has 19 heavy (non-hydrogen) atoms. The molecule has 1 aliphatic heterocycles. The molecule has 2 heterocycles. The first-order valence-corrected chi connectivity index (χ1v) is 7.92. The van der Waals surface area contributed by atoms with Gasteiger partial charge in [-0.25, -0.2) is 0 Å². The second-order valence-corrected chi connectivity index (χ2v) is 7.02. The molecule has 0 saturated carbocycles. The van der Waals surface area contributed by atoms with E-state index in [0.29, 0.717) is 6.54 Å². The SMILES string of the molecule is CN(Cc1cc(Br)cs1)C(=O)C1(C)CCCCN1.Cl. The Kier molecular flexibility index (Phi) is 6.30. The molecule has 0 aliphatic carbocycles. The van der Waals surface area contributed by atoms with Gasteiger partial charge < -0.3 is 10.2 Å². The topological polar surface area (TPSA) is 32.3 Å². The van der Waals surface area contributed by atoms with Crippen molar-refractivity contribution in [2.75, 3.05) is 13.6 Å². The molecule has 6 heteroatoms. The molecule has 1 fully saturated rings. The van der Waals surface area contributed by atoms with E-state index < -0.39 is 0 Å². The largest absolute Gasteiger partial charge is 0.339 e. The minimum atomic E-state index is -0.374. The van der Waals surface area contributed by atoms with Crippen LogP contribution < -0.4 is 5.32 Å². The number of nitrogens with zero attached hydrogens (tertiary/aromatic N) is 1. The van der Waals surface area contributed by atoms with Crippen LogP contribution in [0.1, 0.15) is 31.1 Å². The average Bonchev–Trinajstić information content (AvgIpc) is 2.74. The predicted molar refractivity (Wildman–Crippen MR) is 86.0 cm³/mol. The molecule has 1 atom stereocenters. The molecule has 0 radical (unpaired) electrons. The standard InChI is InChI=1S/C13H19BrN2OS.ClH/c1-13(5-3-4-6-15-13)12(17)16(2)8-11-7-10(14)9-18-11;/h7,9,15H,3-6,8H2,1-2H3;1H. The third kappa shape index (κ3) is 4.18. The van der Waals surface area contributed by atoms with Crippen molar-refractivity contribution in [2.24, 2.45) is 0 Å². The Balaban J connectivity index is 0.00000180. The number of piperidine rings is 1. The number of carbonyl (C=O) groups excluding carboxylic acids is 1. The number of hydrogen-bond acceptors (Lipinski definition) is 3. The molecule has 1 saturated heterocycles. The summed E-state index contributed by atoms with van der Waals surface area (Å²) in [4.78, 5) is 15.5. The van der Waals surface area contributed by atoms with Crippen molar-refractivity contribution in [2.45, 2.75) is 38.3 Å². The fourth-order valence-electron chi connectivity index (χ4n) is 2.40. The second kappa shape index (κ2) is 7.07. The monoisotopic (exact) mass is 366 g/mol. The quantitative estimate of drug-likeness (QED) is 0.888. The van der Waals surface area contributed by atoms with E-state index in [2.05, 4.69) is 27.3 Å². The highest BCUT2D eigenvalue weighted by Gasteiger charge is 2.36. The van der Waals surface area contributed by atoms with E-state index in [1.54, 1.807) is 11.3 Å². The van der Waals surface area contributed by atoms with Crippen molar-refractivity contribution < 1.29 is 4.79 Å². The van der Waals surface area contributed by atoms with Crippen LogP contribution in [-0.4, -0.2) is 29.9 Å². The molecule has 3 nitrogen and oxygen atoms in total. The molecule has 1 aliphatic rings. The van der Waals surface area contributed by atoms with Crippen LogP contribution in [-0.2, 0) is 11.3 Å². The summed E-state index contributed by atoms with van der Waals surface area (Å²) in [7, 11) is 1.89. The summed E-state index contributed by atoms with van der Waals surface area (Å²) in [5.74, 6) is 0.201. The lowest BCUT2D eigenvalue weighted by atomic mass is 9.89. The molecule has 2 rings (SSSR count). The first-order valence-electron chi connectivity index (χ1n) is 6.25. The van der Waals surface area contributed by atoms with E-state index in [9.17, 15) is 4.79 Å². The Morgan fingerprint density at radius 2 is 2.32 bits per heavy atom. The molecule has 1 aromatic heterocycles. The van der Waals surface area contributed by atoms with Gasteiger partial charge in [0.05, 0.1) is 12.1 Å². The maximum atomic E-state index is 12.5. The van der Waals surface area contributed by atoms with E-state index in [-0.39, 0.29) is 23.9 Å². The third-order valence-electron chi connectivity index (χ3n) is 3.45. The van der Waals surface area contributed by atoms with Gasteiger partial charge in [-0.2, -0.15) is 0 Å². The van der Waals surface area contributed by atoms with Crippen molar-refractivity contribution in [3.8, 4) is 0 Å². The zero-order valence-corrected chi connectivity index (χ0v) is 14.5. The van der Waals surface area contributed by atoms with Gasteiger partial charge in [-0.1, -0.05) is 0 Å². The fraction of sp³-hybridized carbons (Fsp3) is 0.615. The third-order valence-corrected chi connectivity index (χ3v) is 5.13. The highest BCUT2D eigenvalue weighted by atomic mass is 79.9. The lowest BCUT2D eigenvalue weighted by molar-refractivity contribution is -0.137. The molecule has 0 bridgehead atoms. The molecular weight excluding hydrogens is 348 g/mol. The van der Waals surface area contributed by atoms with Gasteiger partial charge in [0.25, 0.3) is 0 Å². The minimum absolute atomic E-state index is 0. The fourth-order valence-corrected chi connectivity index (χ4v) is 3.91. The lowest BCUT2D eigenvalue weighted by Crippen LogP contribution is -2.56. The van der Waals surface area contributed by atoms with Crippen molar-refractivity contribution in [1.29, 1.82) is 0 Å². The van der Waals surface area contributed by atoms with Crippen molar-refractivity contribution in [3.63, 3.8) is 0 Å². The summed E-state index contributed by atoms with van der Waals surface area (Å²) in [6, 6.07) is 2.07. The van der Waals surface area contributed by atoms with E-state index >= 15 is 0 Å². The zero-order chi connectivity index (χ0) is 13.2. The highest BCUT2D eigenvalue weighted by molar-refractivity contribution is 9.10. The number of likely N-dealkylation sites (N-methyl/N-ethyl adjacent to an activating group) is 1. The number of thiophene rings is 1. The van der Waals surface area contributed by atoms with E-state index in [1.807, 2.05) is 24.3 Å². The first-order chi connectivity index (χ1) is 8.51. The summed E-state index contributed by atoms with van der Waals surface area (Å²) in [5.41, 5.74) is -0.374. The van der Waals surface area contributed by atoms with Gasteiger partial charge in [0.15, 0.2) is 0 Å². The molecule has 1 N–H and O–H groups in total. The Hall–Kier alpha value is -0.100. The Morgan fingerprint density at radius 1 is 1.58 bits per heavy atom. The van der Waals surface area contributed by atoms with Gasteiger partial charge in [-0.05, 0) is 54.7 Å². The minimum Gasteiger partial charge on any atom is -0.339 e. The normalized spacial score (nSPS) is 22.7. The Labute approximate surface area is 133 Å². The van der Waals surface area contributed by atoms with Crippen LogP contribution in [0, 0.1) is 0 Å². The average molecular weight is 368 g/mol. The van der Waals surface area contributed by atoms with Gasteiger partial charge >= 0.3 is 0 Å². The van der Waals surface area contributed by atoms with Crippen LogP contribution in [0.25, 0.3) is 0 Å². The summed E-state index contributed by atoms with van der Waals surface area (Å²) in [6.45, 7) is 3.66. The summed E-state index contributed by atoms with van der Waals surface area (Å²) >= 11 is 5.12. The molecule has 1 amide bonds. The van der Waals surface area contributed by atoms with E-state index in [0.717, 1.165) is 23.9 Å². The molecule has 1 aromatic rings. The van der Waals surface area contributed by atoms with Crippen LogP contribution in [0.5, 0.6) is 0 Å². The number of halogens is 2. The van der Waals surface area contributed by atoms with Gasteiger partial charge in [-0.15, -0.1) is 23.7 Å². The van der Waals surface area contributed by atoms with Gasteiger partial charge in [0.1, 0.15) is 0 Å². The first kappa shape index (κ1) is 17.0. The van der Waals surface area contributed by atoms with Crippen LogP contribution in [0.3, 0.4) is 0 Å². The van der Waals surface area contributed by atoms with Crippen LogP contribution >= 0.6 is 39.7 Å². The van der Waals surface area contributed by atoms with Gasteiger partial charge in [-0.3, -0.25) is 4.79 Å². The number of carbonyl (C=O) groups is 1. The number of rotatable bonds is 3. The lowest BCUT2D eigenvalue weighted by Gasteiger charge is -2.36. The Morgan fingerprint density at radius 3 is 2.84 bits per heavy atom. The molecule has 108 valence electrons. The maximum Gasteiger partial charge on any atom is 0.242 e. The summed E-state index contributed by atoms with van der Waals surface area (Å²) < 4.78 is 1.09. The van der Waals surface area contributed by atoms with E-state index in [1.165, 1.54) is 11.3 Å². The molecule has 0 aromatic carbocycles. The number of hydrogen-bond donors (Lipinski definition) is 1. The van der Waals surface area contributed by atoms with Crippen LogP contribution in [0.4, 0.5) is 0 Å². The van der Waals surface area contributed by atoms with Crippen LogP contribution in [0.15, 0.2) is 15.9 Å². The smallest absolute Gasteiger partial charge is 0.242 e. The molecular formula is C13H20BrClN2OS. The maximum absolute atomic E-state index is 12.5. The number of nitrogens with one attached hydrogen (secondary N) is 1. The van der Waals surface area contributed by atoms with Crippen molar-refractivity contribution in [3.05, 3.63) is 20.8 Å². The highest BCUT2D eigenvalue weighted by Crippen LogP contribution is 2.24. The van der Waals surface area contributed by atoms with Gasteiger partial charge in [0, 0.05) is 21.8 Å². The van der Waals surface area contributed by atoms with Gasteiger partial charge in [0.2, 0.25) is 5.91 Å². The molecule has 0 spiro atoms. The van der Waals surface area contributed by atoms with E-state index in [4.69, 9.17) is 0 Å². The van der Waals surface area contributed by atoms with Crippen LogP contribution in [0.2, 0.25) is 0 Å². The zero-order valence-electron chi connectivity index (χ0n) is 11.2. The predicted octanol–water partition coefficient (Wildman–Crippen LogP) is 3.42.